The van der Waals surface area contributed by atoms with Crippen molar-refractivity contribution in [2.75, 3.05) is 0 Å². The highest BCUT2D eigenvalue weighted by Crippen LogP contribution is 2.25. The fourth-order valence-corrected chi connectivity index (χ4v) is 2.09. The highest BCUT2D eigenvalue weighted by atomic mass is 32.1. The van der Waals surface area contributed by atoms with E-state index in [0.29, 0.717) is 12.2 Å². The number of hydrogen-bond acceptors (Lipinski definition) is 3. The van der Waals surface area contributed by atoms with Gasteiger partial charge in [-0.15, -0.1) is 0 Å². The summed E-state index contributed by atoms with van der Waals surface area (Å²) in [6.45, 7) is 2.64. The zero-order chi connectivity index (χ0) is 10.8. The standard InChI is InChI=1S/C10H11N3OS/c1-2-13-9(10(14)11-6-15)7-4-3-5-8(7)12-13/h2-5H2,1H3. The molecule has 2 rings (SSSR count). The van der Waals surface area contributed by atoms with Crippen molar-refractivity contribution >= 4 is 23.3 Å². The molecule has 0 saturated carbocycles. The summed E-state index contributed by atoms with van der Waals surface area (Å²) in [4.78, 5) is 15.2. The zero-order valence-corrected chi connectivity index (χ0v) is 9.30. The molecule has 0 radical (unpaired) electrons. The molecule has 1 aromatic heterocycles. The molecule has 1 amide bonds. The number of nitrogens with zero attached hydrogens (tertiary/aromatic N) is 3. The Kier molecular flexibility index (Phi) is 2.75. The topological polar surface area (TPSA) is 47.2 Å². The average Bonchev–Trinajstić information content (AvgIpc) is 2.75. The van der Waals surface area contributed by atoms with Gasteiger partial charge in [0, 0.05) is 12.1 Å². The van der Waals surface area contributed by atoms with Crippen molar-refractivity contribution in [1.29, 1.82) is 0 Å². The van der Waals surface area contributed by atoms with Gasteiger partial charge in [0.25, 0.3) is 0 Å². The van der Waals surface area contributed by atoms with Crippen LogP contribution in [0.4, 0.5) is 0 Å². The van der Waals surface area contributed by atoms with Crippen LogP contribution in [0.25, 0.3) is 0 Å². The predicted molar refractivity (Wildman–Crippen MR) is 59.3 cm³/mol. The Bertz CT molecular complexity index is 457. The van der Waals surface area contributed by atoms with Gasteiger partial charge in [-0.05, 0) is 38.4 Å². The Morgan fingerprint density at radius 2 is 2.47 bits per heavy atom. The summed E-state index contributed by atoms with van der Waals surface area (Å²) in [6, 6.07) is 0. The molecule has 0 aromatic carbocycles. The summed E-state index contributed by atoms with van der Waals surface area (Å²) in [5.41, 5.74) is 2.69. The summed E-state index contributed by atoms with van der Waals surface area (Å²) < 4.78 is 1.71. The minimum Gasteiger partial charge on any atom is -0.264 e. The number of carbonyl (C=O) groups is 1. The van der Waals surface area contributed by atoms with E-state index in [4.69, 9.17) is 0 Å². The van der Waals surface area contributed by atoms with Gasteiger partial charge in [-0.3, -0.25) is 9.48 Å². The van der Waals surface area contributed by atoms with Crippen LogP contribution in [-0.4, -0.2) is 20.8 Å². The van der Waals surface area contributed by atoms with E-state index in [9.17, 15) is 4.79 Å². The second kappa shape index (κ2) is 4.04. The number of amides is 1. The number of isothiocyanates is 1. The van der Waals surface area contributed by atoms with Crippen LogP contribution in [-0.2, 0) is 19.4 Å². The lowest BCUT2D eigenvalue weighted by atomic mass is 10.2. The van der Waals surface area contributed by atoms with Crippen molar-refractivity contribution < 1.29 is 4.79 Å². The summed E-state index contributed by atoms with van der Waals surface area (Å²) in [6.07, 6.45) is 2.96. The van der Waals surface area contributed by atoms with E-state index < -0.39 is 0 Å². The Morgan fingerprint density at radius 3 is 3.13 bits per heavy atom. The maximum atomic E-state index is 11.7. The van der Waals surface area contributed by atoms with Crippen LogP contribution in [0.5, 0.6) is 0 Å². The normalized spacial score (nSPS) is 13.4. The SMILES string of the molecule is CCn1nc2c(c1C(=O)N=C=S)CCC2. The van der Waals surface area contributed by atoms with Crippen LogP contribution < -0.4 is 0 Å². The van der Waals surface area contributed by atoms with Crippen molar-refractivity contribution in [2.24, 2.45) is 4.99 Å². The molecule has 5 heteroatoms. The highest BCUT2D eigenvalue weighted by Gasteiger charge is 2.25. The van der Waals surface area contributed by atoms with Gasteiger partial charge >= 0.3 is 5.91 Å². The third-order valence-electron chi connectivity index (χ3n) is 2.62. The third-order valence-corrected chi connectivity index (χ3v) is 2.71. The van der Waals surface area contributed by atoms with Crippen LogP contribution in [0.15, 0.2) is 4.99 Å². The molecular weight excluding hydrogens is 210 g/mol. The molecule has 0 bridgehead atoms. The first kappa shape index (κ1) is 10.2. The fourth-order valence-electron chi connectivity index (χ4n) is 2.01. The van der Waals surface area contributed by atoms with Gasteiger partial charge in [-0.25, -0.2) is 0 Å². The van der Waals surface area contributed by atoms with Crippen molar-refractivity contribution in [3.63, 3.8) is 0 Å². The molecule has 0 fully saturated rings. The van der Waals surface area contributed by atoms with E-state index in [2.05, 4.69) is 27.5 Å². The third kappa shape index (κ3) is 1.64. The number of thiocarbonyl (C=S) groups is 1. The van der Waals surface area contributed by atoms with E-state index in [1.165, 1.54) is 0 Å². The first-order chi connectivity index (χ1) is 7.27. The largest absolute Gasteiger partial charge is 0.304 e. The lowest BCUT2D eigenvalue weighted by Gasteiger charge is -2.01. The van der Waals surface area contributed by atoms with Gasteiger partial charge in [0.2, 0.25) is 0 Å². The number of fused-ring (bicyclic) bond motifs is 1. The summed E-state index contributed by atoms with van der Waals surface area (Å²) in [7, 11) is 0. The molecular formula is C10H11N3OS. The minimum atomic E-state index is -0.317. The fraction of sp³-hybridized carbons (Fsp3) is 0.500. The quantitative estimate of drug-likeness (QED) is 0.563. The number of aliphatic imine (C=N–C) groups is 1. The Hall–Kier alpha value is -1.32. The predicted octanol–water partition coefficient (Wildman–Crippen LogP) is 1.63. The first-order valence-electron chi connectivity index (χ1n) is 4.98. The molecule has 0 saturated heterocycles. The molecule has 0 unspecified atom stereocenters. The van der Waals surface area contributed by atoms with Gasteiger partial charge in [0.05, 0.1) is 10.9 Å². The molecule has 0 aliphatic heterocycles. The Labute approximate surface area is 93.0 Å². The molecule has 1 heterocycles. The van der Waals surface area contributed by atoms with Crippen molar-refractivity contribution in [3.8, 4) is 0 Å². The van der Waals surface area contributed by atoms with Gasteiger partial charge in [-0.2, -0.15) is 10.1 Å². The molecule has 0 atom stereocenters. The molecule has 1 aliphatic carbocycles. The molecule has 1 aromatic rings. The molecule has 4 nitrogen and oxygen atoms in total. The second-order valence-corrected chi connectivity index (χ2v) is 3.63. The Balaban J connectivity index is 2.52. The maximum absolute atomic E-state index is 11.7. The monoisotopic (exact) mass is 221 g/mol. The van der Waals surface area contributed by atoms with Crippen LogP contribution in [0.3, 0.4) is 0 Å². The number of hydrogen-bond donors (Lipinski definition) is 0. The smallest absolute Gasteiger partial charge is 0.264 e. The maximum Gasteiger partial charge on any atom is 0.304 e. The zero-order valence-electron chi connectivity index (χ0n) is 8.49. The van der Waals surface area contributed by atoms with Gasteiger partial charge in [0.1, 0.15) is 5.69 Å². The van der Waals surface area contributed by atoms with E-state index in [0.717, 1.165) is 30.5 Å². The lowest BCUT2D eigenvalue weighted by Crippen LogP contribution is -2.09. The van der Waals surface area contributed by atoms with E-state index in [-0.39, 0.29) is 5.91 Å². The first-order valence-corrected chi connectivity index (χ1v) is 5.39. The Morgan fingerprint density at radius 1 is 1.67 bits per heavy atom. The number of aromatic nitrogens is 2. The van der Waals surface area contributed by atoms with Gasteiger partial charge < -0.3 is 0 Å². The summed E-state index contributed by atoms with van der Waals surface area (Å²) >= 11 is 4.44. The van der Waals surface area contributed by atoms with E-state index in [1.54, 1.807) is 4.68 Å². The number of aryl methyl sites for hydroxylation is 2. The van der Waals surface area contributed by atoms with Gasteiger partial charge in [-0.1, -0.05) is 0 Å². The van der Waals surface area contributed by atoms with Crippen molar-refractivity contribution in [3.05, 3.63) is 17.0 Å². The number of rotatable bonds is 2. The van der Waals surface area contributed by atoms with Crippen molar-refractivity contribution in [2.45, 2.75) is 32.7 Å². The van der Waals surface area contributed by atoms with E-state index >= 15 is 0 Å². The van der Waals surface area contributed by atoms with Crippen molar-refractivity contribution in [1.82, 2.24) is 9.78 Å². The van der Waals surface area contributed by atoms with Gasteiger partial charge in [0.15, 0.2) is 0 Å². The molecule has 1 aliphatic rings. The minimum absolute atomic E-state index is 0.317. The highest BCUT2D eigenvalue weighted by molar-refractivity contribution is 7.78. The average molecular weight is 221 g/mol. The van der Waals surface area contributed by atoms with Crippen LogP contribution in [0.1, 0.15) is 35.1 Å². The van der Waals surface area contributed by atoms with E-state index in [1.807, 2.05) is 6.92 Å². The molecule has 78 valence electrons. The number of carbonyl (C=O) groups excluding carboxylic acids is 1. The van der Waals surface area contributed by atoms with Crippen LogP contribution in [0.2, 0.25) is 0 Å². The molecule has 15 heavy (non-hydrogen) atoms. The lowest BCUT2D eigenvalue weighted by molar-refractivity contribution is 0.0992. The molecule has 0 spiro atoms. The molecule has 0 N–H and O–H groups in total. The second-order valence-electron chi connectivity index (χ2n) is 3.45. The van der Waals surface area contributed by atoms with Crippen LogP contribution in [0, 0.1) is 0 Å². The summed E-state index contributed by atoms with van der Waals surface area (Å²) in [5.74, 6) is -0.317. The summed E-state index contributed by atoms with van der Waals surface area (Å²) in [5, 5.41) is 6.50. The van der Waals surface area contributed by atoms with Crippen LogP contribution >= 0.6 is 12.2 Å².